The van der Waals surface area contributed by atoms with Crippen molar-refractivity contribution in [3.05, 3.63) is 102 Å². The fraction of sp³-hybridized carbons (Fsp3) is 0.265. The summed E-state index contributed by atoms with van der Waals surface area (Å²) in [5, 5.41) is 10.5. The zero-order valence-corrected chi connectivity index (χ0v) is 24.2. The minimum atomic E-state index is -0.683. The van der Waals surface area contributed by atoms with Gasteiger partial charge in [-0.05, 0) is 58.5 Å². The predicted molar refractivity (Wildman–Crippen MR) is 167 cm³/mol. The maximum Gasteiger partial charge on any atom is 0.314 e. The number of fused-ring (bicyclic) bond motifs is 3. The van der Waals surface area contributed by atoms with Gasteiger partial charge >= 0.3 is 6.03 Å². The number of nitrogens with one attached hydrogen (secondary N) is 3. The molecule has 4 aromatic carbocycles. The summed E-state index contributed by atoms with van der Waals surface area (Å²) in [6.45, 7) is 4.36. The van der Waals surface area contributed by atoms with Crippen molar-refractivity contribution in [2.24, 2.45) is 5.73 Å². The van der Waals surface area contributed by atoms with Gasteiger partial charge in [0.15, 0.2) is 0 Å². The van der Waals surface area contributed by atoms with Crippen LogP contribution in [0.4, 0.5) is 10.5 Å². The van der Waals surface area contributed by atoms with E-state index in [9.17, 15) is 14.4 Å². The van der Waals surface area contributed by atoms with Crippen molar-refractivity contribution in [2.75, 3.05) is 11.9 Å². The summed E-state index contributed by atoms with van der Waals surface area (Å²) >= 11 is 0. The molecule has 42 heavy (non-hydrogen) atoms. The second kappa shape index (κ2) is 12.0. The Balaban J connectivity index is 1.43. The lowest BCUT2D eigenvalue weighted by Gasteiger charge is -2.35. The number of nitrogens with two attached hydrogens (primary N) is 1. The largest absolute Gasteiger partial charge is 0.344 e. The third kappa shape index (κ3) is 6.44. The number of nitrogens with zero attached hydrogens (tertiary/aromatic N) is 1. The molecule has 0 fully saturated rings. The number of carbonyl (C=O) groups is 3. The van der Waals surface area contributed by atoms with Gasteiger partial charge in [0.2, 0.25) is 11.8 Å². The second-order valence-electron chi connectivity index (χ2n) is 11.5. The molecule has 5 rings (SSSR count). The Hall–Kier alpha value is -4.69. The van der Waals surface area contributed by atoms with Gasteiger partial charge in [-0.3, -0.25) is 9.59 Å². The standard InChI is InChI=1S/C34H37N5O3/c1-34(2,35)19-31(40)38-29-18-28-27-11-7-4-8-23(27)16-17-30(28)39(32(29)41)21-22-12-14-24(15-13-22)26-10-6-5-9-25(26)20-37-33(42)36-3/h4-17,29H,18-21,35H2,1-3H3,(H,38,40)(H2,36,37,42). The molecule has 4 aromatic rings. The van der Waals surface area contributed by atoms with Crippen LogP contribution in [0, 0.1) is 0 Å². The first-order valence-corrected chi connectivity index (χ1v) is 14.2. The first-order chi connectivity index (χ1) is 20.1. The summed E-state index contributed by atoms with van der Waals surface area (Å²) in [5.74, 6) is -0.380. The Morgan fingerprint density at radius 1 is 0.952 bits per heavy atom. The van der Waals surface area contributed by atoms with Crippen LogP contribution < -0.4 is 26.6 Å². The fourth-order valence-electron chi connectivity index (χ4n) is 5.52. The molecule has 0 saturated heterocycles. The summed E-state index contributed by atoms with van der Waals surface area (Å²) in [4.78, 5) is 40.2. The molecule has 0 aromatic heterocycles. The Kier molecular flexibility index (Phi) is 8.27. The van der Waals surface area contributed by atoms with E-state index in [1.54, 1.807) is 25.8 Å². The molecule has 1 unspecified atom stereocenters. The quantitative estimate of drug-likeness (QED) is 0.250. The Labute approximate surface area is 246 Å². The van der Waals surface area contributed by atoms with Crippen molar-refractivity contribution in [1.29, 1.82) is 0 Å². The van der Waals surface area contributed by atoms with E-state index in [0.29, 0.717) is 19.5 Å². The van der Waals surface area contributed by atoms with Crippen molar-refractivity contribution in [2.45, 2.75) is 51.4 Å². The van der Waals surface area contributed by atoms with Crippen molar-refractivity contribution in [3.8, 4) is 11.1 Å². The minimum absolute atomic E-state index is 0.126. The molecule has 0 bridgehead atoms. The molecule has 1 aliphatic rings. The maximum atomic E-state index is 13.9. The molecule has 5 N–H and O–H groups in total. The SMILES string of the molecule is CNC(=O)NCc1ccccc1-c1ccc(CN2C(=O)C(NC(=O)CC(C)(C)N)Cc3c2ccc2ccccc32)cc1. The van der Waals surface area contributed by atoms with Gasteiger partial charge in [0.05, 0.1) is 6.54 Å². The van der Waals surface area contributed by atoms with Crippen LogP contribution in [-0.4, -0.2) is 36.5 Å². The van der Waals surface area contributed by atoms with Gasteiger partial charge in [0.25, 0.3) is 0 Å². The van der Waals surface area contributed by atoms with Gasteiger partial charge in [-0.15, -0.1) is 0 Å². The molecule has 0 saturated carbocycles. The number of rotatable bonds is 8. The van der Waals surface area contributed by atoms with Crippen LogP contribution in [0.5, 0.6) is 0 Å². The molecule has 8 nitrogen and oxygen atoms in total. The summed E-state index contributed by atoms with van der Waals surface area (Å²) in [6.07, 6.45) is 0.545. The molecule has 0 radical (unpaired) electrons. The van der Waals surface area contributed by atoms with Gasteiger partial charge in [0.1, 0.15) is 6.04 Å². The van der Waals surface area contributed by atoms with Crippen LogP contribution in [0.3, 0.4) is 0 Å². The van der Waals surface area contributed by atoms with E-state index in [-0.39, 0.29) is 24.3 Å². The van der Waals surface area contributed by atoms with E-state index in [4.69, 9.17) is 5.73 Å². The average molecular weight is 564 g/mol. The molecule has 8 heteroatoms. The lowest BCUT2D eigenvalue weighted by molar-refractivity contribution is -0.128. The van der Waals surface area contributed by atoms with Gasteiger partial charge < -0.3 is 26.6 Å². The van der Waals surface area contributed by atoms with Crippen molar-refractivity contribution >= 4 is 34.3 Å². The number of urea groups is 1. The van der Waals surface area contributed by atoms with E-state index >= 15 is 0 Å². The molecular formula is C34H37N5O3. The van der Waals surface area contributed by atoms with E-state index in [2.05, 4.69) is 28.1 Å². The molecule has 1 atom stereocenters. The van der Waals surface area contributed by atoms with Crippen molar-refractivity contribution in [1.82, 2.24) is 16.0 Å². The lowest BCUT2D eigenvalue weighted by atomic mass is 9.91. The summed E-state index contributed by atoms with van der Waals surface area (Å²) in [5.41, 5.74) is 11.3. The summed E-state index contributed by atoms with van der Waals surface area (Å²) < 4.78 is 0. The third-order valence-electron chi connectivity index (χ3n) is 7.52. The van der Waals surface area contributed by atoms with Crippen LogP contribution in [0.2, 0.25) is 0 Å². The van der Waals surface area contributed by atoms with Gasteiger partial charge in [-0.25, -0.2) is 4.79 Å². The third-order valence-corrected chi connectivity index (χ3v) is 7.52. The van der Waals surface area contributed by atoms with Crippen LogP contribution in [0.15, 0.2) is 84.9 Å². The lowest BCUT2D eigenvalue weighted by Crippen LogP contribution is -2.53. The number of anilines is 1. The van der Waals surface area contributed by atoms with Crippen molar-refractivity contribution in [3.63, 3.8) is 0 Å². The van der Waals surface area contributed by atoms with E-state index in [1.807, 2.05) is 72.8 Å². The monoisotopic (exact) mass is 563 g/mol. The van der Waals surface area contributed by atoms with Crippen LogP contribution in [0.25, 0.3) is 21.9 Å². The Bertz CT molecular complexity index is 1620. The molecular weight excluding hydrogens is 526 g/mol. The number of hydrogen-bond donors (Lipinski definition) is 4. The maximum absolute atomic E-state index is 13.9. The number of carbonyl (C=O) groups excluding carboxylic acids is 3. The molecule has 0 aliphatic carbocycles. The topological polar surface area (TPSA) is 117 Å². The zero-order chi connectivity index (χ0) is 29.9. The van der Waals surface area contributed by atoms with Gasteiger partial charge in [-0.2, -0.15) is 0 Å². The van der Waals surface area contributed by atoms with E-state index in [0.717, 1.165) is 44.3 Å². The fourth-order valence-corrected chi connectivity index (χ4v) is 5.52. The minimum Gasteiger partial charge on any atom is -0.344 e. The highest BCUT2D eigenvalue weighted by atomic mass is 16.2. The predicted octanol–water partition coefficient (Wildman–Crippen LogP) is 4.64. The van der Waals surface area contributed by atoms with E-state index < -0.39 is 11.6 Å². The van der Waals surface area contributed by atoms with Gasteiger partial charge in [0, 0.05) is 37.7 Å². The molecule has 4 amide bonds. The highest BCUT2D eigenvalue weighted by Crippen LogP contribution is 2.35. The normalized spacial score (nSPS) is 14.8. The van der Waals surface area contributed by atoms with Crippen LogP contribution >= 0.6 is 0 Å². The van der Waals surface area contributed by atoms with Crippen LogP contribution in [0.1, 0.15) is 37.0 Å². The highest BCUT2D eigenvalue weighted by Gasteiger charge is 2.35. The first-order valence-electron chi connectivity index (χ1n) is 14.2. The highest BCUT2D eigenvalue weighted by molar-refractivity contribution is 6.05. The number of benzene rings is 4. The van der Waals surface area contributed by atoms with Gasteiger partial charge in [-0.1, -0.05) is 78.9 Å². The smallest absolute Gasteiger partial charge is 0.314 e. The average Bonchev–Trinajstić information content (AvgIpc) is 2.97. The summed E-state index contributed by atoms with van der Waals surface area (Å²) in [6, 6.07) is 27.3. The Morgan fingerprint density at radius 2 is 1.67 bits per heavy atom. The zero-order valence-electron chi connectivity index (χ0n) is 24.2. The molecule has 1 aliphatic heterocycles. The van der Waals surface area contributed by atoms with E-state index in [1.165, 1.54) is 0 Å². The number of amides is 4. The van der Waals surface area contributed by atoms with Crippen LogP contribution in [-0.2, 0) is 29.1 Å². The molecule has 216 valence electrons. The Morgan fingerprint density at radius 3 is 2.40 bits per heavy atom. The summed E-state index contributed by atoms with van der Waals surface area (Å²) in [7, 11) is 1.59. The second-order valence-corrected chi connectivity index (χ2v) is 11.5. The molecule has 1 heterocycles. The molecule has 0 spiro atoms. The first kappa shape index (κ1) is 28.8. The van der Waals surface area contributed by atoms with Crippen molar-refractivity contribution < 1.29 is 14.4 Å². The number of hydrogen-bond acceptors (Lipinski definition) is 4.